The second-order valence-electron chi connectivity index (χ2n) is 5.94. The summed E-state index contributed by atoms with van der Waals surface area (Å²) in [6.45, 7) is 3.33. The van der Waals surface area contributed by atoms with Gasteiger partial charge in [-0.1, -0.05) is 12.1 Å². The van der Waals surface area contributed by atoms with Crippen molar-refractivity contribution in [2.45, 2.75) is 13.0 Å². The molecule has 0 N–H and O–H groups in total. The number of benzene rings is 2. The molecule has 6 heteroatoms. The van der Waals surface area contributed by atoms with E-state index in [0.717, 1.165) is 5.75 Å². The number of rotatable bonds is 6. The molecule has 0 fully saturated rings. The van der Waals surface area contributed by atoms with E-state index in [1.54, 1.807) is 37.3 Å². The van der Waals surface area contributed by atoms with Crippen molar-refractivity contribution in [2.24, 2.45) is 0 Å². The van der Waals surface area contributed by atoms with Gasteiger partial charge in [0.1, 0.15) is 18.1 Å². The number of ether oxygens (including phenoxy) is 4. The van der Waals surface area contributed by atoms with Crippen LogP contribution in [-0.4, -0.2) is 50.8 Å². The van der Waals surface area contributed by atoms with Crippen molar-refractivity contribution < 1.29 is 23.7 Å². The van der Waals surface area contributed by atoms with Crippen LogP contribution in [0.15, 0.2) is 42.5 Å². The molecule has 1 amide bonds. The quantitative estimate of drug-likeness (QED) is 0.795. The fourth-order valence-corrected chi connectivity index (χ4v) is 2.87. The Morgan fingerprint density at radius 1 is 1.12 bits per heavy atom. The fraction of sp³-hybridized carbons (Fsp3) is 0.350. The molecule has 1 heterocycles. The molecule has 0 saturated carbocycles. The smallest absolute Gasteiger partial charge is 0.254 e. The number of nitrogens with zero attached hydrogens (tertiary/aromatic N) is 1. The van der Waals surface area contributed by atoms with Crippen LogP contribution in [0.2, 0.25) is 0 Å². The highest BCUT2D eigenvalue weighted by atomic mass is 16.6. The summed E-state index contributed by atoms with van der Waals surface area (Å²) >= 11 is 0. The van der Waals surface area contributed by atoms with Crippen LogP contribution in [0.1, 0.15) is 17.3 Å². The molecular weight excluding hydrogens is 334 g/mol. The third-order valence-corrected chi connectivity index (χ3v) is 4.26. The number of carbonyl (C=O) groups is 1. The van der Waals surface area contributed by atoms with Gasteiger partial charge in [-0.15, -0.1) is 0 Å². The number of para-hydroxylation sites is 2. The lowest BCUT2D eigenvalue weighted by atomic mass is 10.1. The van der Waals surface area contributed by atoms with E-state index in [0.29, 0.717) is 42.5 Å². The maximum absolute atomic E-state index is 12.9. The Hall–Kier alpha value is -2.89. The average molecular weight is 357 g/mol. The first-order chi connectivity index (χ1) is 12.6. The number of methoxy groups -OCH3 is 2. The standard InChI is InChI=1S/C20H23NO5/c1-4-21(12-17-13-25-18-7-5-6-8-19(18)26-17)20(22)14-9-15(23-2)11-16(10-14)24-3/h5-11,17H,4,12-13H2,1-3H3/t17-/m1/s1. The van der Waals surface area contributed by atoms with Crippen molar-refractivity contribution in [3.05, 3.63) is 48.0 Å². The SMILES string of the molecule is CCN(C[C@@H]1COc2ccccc2O1)C(=O)c1cc(OC)cc(OC)c1. The Kier molecular flexibility index (Phi) is 5.51. The number of amides is 1. The second kappa shape index (κ2) is 7.99. The van der Waals surface area contributed by atoms with E-state index in [-0.39, 0.29) is 12.0 Å². The van der Waals surface area contributed by atoms with E-state index in [4.69, 9.17) is 18.9 Å². The minimum Gasteiger partial charge on any atom is -0.497 e. The molecule has 0 aromatic heterocycles. The molecule has 0 unspecified atom stereocenters. The predicted molar refractivity (Wildman–Crippen MR) is 97.5 cm³/mol. The van der Waals surface area contributed by atoms with Crippen LogP contribution in [0, 0.1) is 0 Å². The Labute approximate surface area is 153 Å². The van der Waals surface area contributed by atoms with Crippen molar-refractivity contribution in [3.8, 4) is 23.0 Å². The summed E-state index contributed by atoms with van der Waals surface area (Å²) in [5, 5.41) is 0. The van der Waals surface area contributed by atoms with Crippen LogP contribution >= 0.6 is 0 Å². The first kappa shape index (κ1) is 17.9. The van der Waals surface area contributed by atoms with Gasteiger partial charge >= 0.3 is 0 Å². The van der Waals surface area contributed by atoms with Gasteiger partial charge in [-0.2, -0.15) is 0 Å². The summed E-state index contributed by atoms with van der Waals surface area (Å²) in [6.07, 6.45) is -0.221. The number of likely N-dealkylation sites (N-methyl/N-ethyl adjacent to an activating group) is 1. The van der Waals surface area contributed by atoms with Crippen molar-refractivity contribution in [2.75, 3.05) is 33.9 Å². The van der Waals surface area contributed by atoms with Crippen LogP contribution < -0.4 is 18.9 Å². The van der Waals surface area contributed by atoms with E-state index in [1.807, 2.05) is 31.2 Å². The molecule has 0 bridgehead atoms. The van der Waals surface area contributed by atoms with Gasteiger partial charge in [0.15, 0.2) is 17.6 Å². The first-order valence-corrected chi connectivity index (χ1v) is 8.55. The summed E-state index contributed by atoms with van der Waals surface area (Å²) in [4.78, 5) is 14.7. The summed E-state index contributed by atoms with van der Waals surface area (Å²) in [5.74, 6) is 2.49. The van der Waals surface area contributed by atoms with Crippen molar-refractivity contribution in [1.82, 2.24) is 4.90 Å². The van der Waals surface area contributed by atoms with Gasteiger partial charge in [-0.25, -0.2) is 0 Å². The molecule has 3 rings (SSSR count). The van der Waals surface area contributed by atoms with Crippen LogP contribution in [0.25, 0.3) is 0 Å². The number of fused-ring (bicyclic) bond motifs is 1. The van der Waals surface area contributed by atoms with Gasteiger partial charge in [0.25, 0.3) is 5.91 Å². The van der Waals surface area contributed by atoms with E-state index in [1.165, 1.54) is 0 Å². The minimum absolute atomic E-state index is 0.104. The van der Waals surface area contributed by atoms with Crippen LogP contribution in [0.3, 0.4) is 0 Å². The Morgan fingerprint density at radius 2 is 1.77 bits per heavy atom. The van der Waals surface area contributed by atoms with Gasteiger partial charge < -0.3 is 23.8 Å². The van der Waals surface area contributed by atoms with Crippen LogP contribution in [0.4, 0.5) is 0 Å². The van der Waals surface area contributed by atoms with Crippen LogP contribution in [0.5, 0.6) is 23.0 Å². The molecule has 1 atom stereocenters. The molecule has 138 valence electrons. The van der Waals surface area contributed by atoms with Crippen LogP contribution in [-0.2, 0) is 0 Å². The molecular formula is C20H23NO5. The highest BCUT2D eigenvalue weighted by Crippen LogP contribution is 2.31. The number of hydrogen-bond acceptors (Lipinski definition) is 5. The zero-order valence-electron chi connectivity index (χ0n) is 15.2. The molecule has 1 aliphatic heterocycles. The van der Waals surface area contributed by atoms with Gasteiger partial charge in [0, 0.05) is 18.2 Å². The highest BCUT2D eigenvalue weighted by Gasteiger charge is 2.25. The molecule has 6 nitrogen and oxygen atoms in total. The maximum atomic E-state index is 12.9. The van der Waals surface area contributed by atoms with Gasteiger partial charge in [-0.3, -0.25) is 4.79 Å². The summed E-state index contributed by atoms with van der Waals surface area (Å²) < 4.78 is 22.2. The number of carbonyl (C=O) groups excluding carboxylic acids is 1. The van der Waals surface area contributed by atoms with Crippen molar-refractivity contribution >= 4 is 5.91 Å². The summed E-state index contributed by atoms with van der Waals surface area (Å²) in [5.41, 5.74) is 0.514. The second-order valence-corrected chi connectivity index (χ2v) is 5.94. The topological polar surface area (TPSA) is 57.2 Å². The predicted octanol–water partition coefficient (Wildman–Crippen LogP) is 3.01. The Balaban J connectivity index is 1.74. The largest absolute Gasteiger partial charge is 0.497 e. The molecule has 0 radical (unpaired) electrons. The molecule has 0 saturated heterocycles. The fourth-order valence-electron chi connectivity index (χ4n) is 2.87. The molecule has 1 aliphatic rings. The van der Waals surface area contributed by atoms with E-state index < -0.39 is 0 Å². The lowest BCUT2D eigenvalue weighted by Crippen LogP contribution is -2.43. The molecule has 26 heavy (non-hydrogen) atoms. The minimum atomic E-state index is -0.221. The maximum Gasteiger partial charge on any atom is 0.254 e. The monoisotopic (exact) mass is 357 g/mol. The summed E-state index contributed by atoms with van der Waals surface area (Å²) in [6, 6.07) is 12.7. The van der Waals surface area contributed by atoms with Gasteiger partial charge in [0.05, 0.1) is 20.8 Å². The number of hydrogen-bond donors (Lipinski definition) is 0. The van der Waals surface area contributed by atoms with Gasteiger partial charge in [0.2, 0.25) is 0 Å². The Morgan fingerprint density at radius 3 is 2.38 bits per heavy atom. The normalized spacial score (nSPS) is 15.3. The highest BCUT2D eigenvalue weighted by molar-refractivity contribution is 5.95. The average Bonchev–Trinajstić information content (AvgIpc) is 2.70. The van der Waals surface area contributed by atoms with E-state index in [9.17, 15) is 4.79 Å². The van der Waals surface area contributed by atoms with Crippen molar-refractivity contribution in [3.63, 3.8) is 0 Å². The zero-order chi connectivity index (χ0) is 18.5. The van der Waals surface area contributed by atoms with E-state index >= 15 is 0 Å². The third kappa shape index (κ3) is 3.85. The Bertz CT molecular complexity index is 754. The molecule has 0 aliphatic carbocycles. The third-order valence-electron chi connectivity index (χ3n) is 4.26. The van der Waals surface area contributed by atoms with E-state index in [2.05, 4.69) is 0 Å². The van der Waals surface area contributed by atoms with Crippen molar-refractivity contribution in [1.29, 1.82) is 0 Å². The lowest BCUT2D eigenvalue weighted by molar-refractivity contribution is 0.0474. The molecule has 2 aromatic carbocycles. The summed E-state index contributed by atoms with van der Waals surface area (Å²) in [7, 11) is 3.12. The zero-order valence-corrected chi connectivity index (χ0v) is 15.2. The van der Waals surface area contributed by atoms with Gasteiger partial charge in [-0.05, 0) is 31.2 Å². The lowest BCUT2D eigenvalue weighted by Gasteiger charge is -2.31. The first-order valence-electron chi connectivity index (χ1n) is 8.55. The molecule has 2 aromatic rings. The molecule has 0 spiro atoms.